The number of carbonyl (C=O) groups excluding carboxylic acids is 1. The van der Waals surface area contributed by atoms with Crippen molar-refractivity contribution in [2.45, 2.75) is 6.92 Å². The van der Waals surface area contributed by atoms with Crippen LogP contribution in [-0.4, -0.2) is 27.3 Å². The van der Waals surface area contributed by atoms with Crippen LogP contribution in [0.2, 0.25) is 0 Å². The number of aryl methyl sites for hydroxylation is 1. The average Bonchev–Trinajstić information content (AvgIpc) is 2.61. The Balaban J connectivity index is 2.19. The maximum atomic E-state index is 11.8. The highest BCUT2D eigenvalue weighted by atomic mass is 16.6. The number of para-hydroxylation sites is 1. The van der Waals surface area contributed by atoms with Gasteiger partial charge in [0.05, 0.1) is 21.7 Å². The quantitative estimate of drug-likeness (QED) is 0.422. The van der Waals surface area contributed by atoms with Crippen LogP contribution in [0, 0.1) is 17.0 Å². The lowest BCUT2D eigenvalue weighted by Crippen LogP contribution is -2.06. The molecule has 1 aromatic heterocycles. The van der Waals surface area contributed by atoms with E-state index in [4.69, 9.17) is 4.74 Å². The van der Waals surface area contributed by atoms with Gasteiger partial charge in [0, 0.05) is 17.5 Å². The fourth-order valence-corrected chi connectivity index (χ4v) is 2.60. The summed E-state index contributed by atoms with van der Waals surface area (Å²) in [6.45, 7) is 1.58. The van der Waals surface area contributed by atoms with E-state index in [0.717, 1.165) is 6.07 Å². The van der Waals surface area contributed by atoms with Crippen molar-refractivity contribution in [2.75, 3.05) is 0 Å². The Bertz CT molecular complexity index is 1060. The summed E-state index contributed by atoms with van der Waals surface area (Å²) in [5.41, 5.74) is 0.378. The molecule has 8 nitrogen and oxygen atoms in total. The van der Waals surface area contributed by atoms with Crippen molar-refractivity contribution in [3.63, 3.8) is 0 Å². The van der Waals surface area contributed by atoms with Gasteiger partial charge in [0.2, 0.25) is 0 Å². The molecule has 0 spiro atoms. The van der Waals surface area contributed by atoms with Gasteiger partial charge < -0.3 is 9.84 Å². The first-order chi connectivity index (χ1) is 12.4. The second-order valence-corrected chi connectivity index (χ2v) is 5.42. The lowest BCUT2D eigenvalue weighted by molar-refractivity contribution is -0.384. The fraction of sp³-hybridized carbons (Fsp3) is 0.0556. The first kappa shape index (κ1) is 17.0. The molecule has 1 N–H and O–H groups in total. The Morgan fingerprint density at radius 2 is 2.00 bits per heavy atom. The van der Waals surface area contributed by atoms with Crippen LogP contribution < -0.4 is 4.74 Å². The number of aromatic nitrogens is 1. The molecule has 0 aliphatic heterocycles. The van der Waals surface area contributed by atoms with Crippen LogP contribution in [0.1, 0.15) is 26.4 Å². The zero-order chi connectivity index (χ0) is 18.8. The summed E-state index contributed by atoms with van der Waals surface area (Å²) in [7, 11) is 0. The summed E-state index contributed by atoms with van der Waals surface area (Å²) < 4.78 is 5.67. The number of rotatable bonds is 5. The second kappa shape index (κ2) is 6.60. The number of pyridine rings is 1. The molecule has 0 saturated carbocycles. The number of hydrogen-bond donors (Lipinski definition) is 1. The Labute approximate surface area is 146 Å². The van der Waals surface area contributed by atoms with Gasteiger partial charge in [-0.15, -0.1) is 0 Å². The van der Waals surface area contributed by atoms with Gasteiger partial charge in [-0.2, -0.15) is 0 Å². The van der Waals surface area contributed by atoms with Gasteiger partial charge in [0.15, 0.2) is 12.0 Å². The predicted molar refractivity (Wildman–Crippen MR) is 92.0 cm³/mol. The maximum absolute atomic E-state index is 11.8. The number of ether oxygens (including phenoxy) is 1. The van der Waals surface area contributed by atoms with Crippen LogP contribution in [0.4, 0.5) is 5.69 Å². The number of benzene rings is 2. The molecule has 3 rings (SSSR count). The van der Waals surface area contributed by atoms with Crippen molar-refractivity contribution in [3.05, 3.63) is 69.4 Å². The molecule has 0 aliphatic rings. The lowest BCUT2D eigenvalue weighted by atomic mass is 10.1. The lowest BCUT2D eigenvalue weighted by Gasteiger charge is -2.14. The van der Waals surface area contributed by atoms with Gasteiger partial charge in [-0.25, -0.2) is 9.78 Å². The topological polar surface area (TPSA) is 120 Å². The molecule has 2 aromatic carbocycles. The molecule has 0 aliphatic carbocycles. The number of aromatic carboxylic acids is 1. The van der Waals surface area contributed by atoms with E-state index in [1.54, 1.807) is 31.2 Å². The minimum absolute atomic E-state index is 0.00767. The summed E-state index contributed by atoms with van der Waals surface area (Å²) in [4.78, 5) is 37.6. The monoisotopic (exact) mass is 352 g/mol. The van der Waals surface area contributed by atoms with Crippen molar-refractivity contribution in [3.8, 4) is 11.5 Å². The van der Waals surface area contributed by atoms with Crippen LogP contribution in [0.5, 0.6) is 11.5 Å². The fourth-order valence-electron chi connectivity index (χ4n) is 2.60. The molecule has 0 radical (unpaired) electrons. The Morgan fingerprint density at radius 1 is 1.27 bits per heavy atom. The summed E-state index contributed by atoms with van der Waals surface area (Å²) in [6.07, 6.45) is 0.409. The van der Waals surface area contributed by atoms with Crippen molar-refractivity contribution in [1.82, 2.24) is 4.98 Å². The van der Waals surface area contributed by atoms with E-state index in [0.29, 0.717) is 22.9 Å². The Hall–Kier alpha value is -3.81. The Kier molecular flexibility index (Phi) is 4.32. The second-order valence-electron chi connectivity index (χ2n) is 5.42. The van der Waals surface area contributed by atoms with Gasteiger partial charge >= 0.3 is 5.97 Å². The van der Waals surface area contributed by atoms with E-state index in [9.17, 15) is 24.8 Å². The minimum atomic E-state index is -1.21. The first-order valence-corrected chi connectivity index (χ1v) is 7.46. The third kappa shape index (κ3) is 2.95. The molecular formula is C18H12N2O6. The summed E-state index contributed by atoms with van der Waals surface area (Å²) in [6, 6.07) is 10.2. The molecule has 26 heavy (non-hydrogen) atoms. The van der Waals surface area contributed by atoms with E-state index >= 15 is 0 Å². The molecule has 0 bridgehead atoms. The third-order valence-corrected chi connectivity index (χ3v) is 3.77. The summed E-state index contributed by atoms with van der Waals surface area (Å²) >= 11 is 0. The number of nitrogens with zero attached hydrogens (tertiary/aromatic N) is 2. The van der Waals surface area contributed by atoms with E-state index in [1.165, 1.54) is 12.1 Å². The molecular weight excluding hydrogens is 340 g/mol. The highest BCUT2D eigenvalue weighted by Gasteiger charge is 2.22. The summed E-state index contributed by atoms with van der Waals surface area (Å²) in [5.74, 6) is -1.22. The number of carboxylic acid groups (broad SMARTS) is 1. The number of hydrogen-bond acceptors (Lipinski definition) is 6. The average molecular weight is 352 g/mol. The highest BCUT2D eigenvalue weighted by Crippen LogP contribution is 2.35. The normalized spacial score (nSPS) is 10.5. The number of carboxylic acids is 1. The van der Waals surface area contributed by atoms with Gasteiger partial charge in [0.25, 0.3) is 5.69 Å². The number of nitro benzene ring substituents is 1. The van der Waals surface area contributed by atoms with E-state index < -0.39 is 10.9 Å². The first-order valence-electron chi connectivity index (χ1n) is 7.46. The van der Waals surface area contributed by atoms with Crippen molar-refractivity contribution >= 4 is 28.8 Å². The summed E-state index contributed by atoms with van der Waals surface area (Å²) in [5, 5.41) is 20.9. The molecule has 130 valence electrons. The number of aldehydes is 1. The van der Waals surface area contributed by atoms with Crippen LogP contribution in [0.25, 0.3) is 10.9 Å². The van der Waals surface area contributed by atoms with Crippen molar-refractivity contribution in [1.29, 1.82) is 0 Å². The predicted octanol–water partition coefficient (Wildman–Crippen LogP) is 3.75. The van der Waals surface area contributed by atoms with Crippen LogP contribution in [-0.2, 0) is 0 Å². The number of nitro groups is 1. The van der Waals surface area contributed by atoms with Gasteiger partial charge in [0.1, 0.15) is 11.3 Å². The molecule has 8 heteroatoms. The smallest absolute Gasteiger partial charge is 0.340 e. The molecule has 0 amide bonds. The Morgan fingerprint density at radius 3 is 2.65 bits per heavy atom. The molecule has 0 unspecified atom stereocenters. The molecule has 0 fully saturated rings. The van der Waals surface area contributed by atoms with Crippen LogP contribution in [0.3, 0.4) is 0 Å². The molecule has 0 atom stereocenters. The molecule has 0 saturated heterocycles. The van der Waals surface area contributed by atoms with Gasteiger partial charge in [-0.3, -0.25) is 14.9 Å². The highest BCUT2D eigenvalue weighted by molar-refractivity contribution is 6.05. The minimum Gasteiger partial charge on any atom is -0.478 e. The number of non-ortho nitro benzene ring substituents is 1. The van der Waals surface area contributed by atoms with Gasteiger partial charge in [-0.1, -0.05) is 18.2 Å². The zero-order valence-electron chi connectivity index (χ0n) is 13.5. The van der Waals surface area contributed by atoms with Crippen LogP contribution in [0.15, 0.2) is 42.5 Å². The van der Waals surface area contributed by atoms with Crippen molar-refractivity contribution < 1.29 is 24.4 Å². The zero-order valence-corrected chi connectivity index (χ0v) is 13.5. The van der Waals surface area contributed by atoms with Gasteiger partial charge in [-0.05, 0) is 19.1 Å². The number of carbonyl (C=O) groups is 2. The van der Waals surface area contributed by atoms with E-state index in [2.05, 4.69) is 4.98 Å². The van der Waals surface area contributed by atoms with E-state index in [-0.39, 0.29) is 28.3 Å². The molecule has 1 heterocycles. The molecule has 3 aromatic rings. The maximum Gasteiger partial charge on any atom is 0.340 e. The largest absolute Gasteiger partial charge is 0.478 e. The number of fused-ring (bicyclic) bond motifs is 1. The van der Waals surface area contributed by atoms with Crippen LogP contribution >= 0.6 is 0 Å². The van der Waals surface area contributed by atoms with E-state index in [1.807, 2.05) is 0 Å². The van der Waals surface area contributed by atoms with Crippen molar-refractivity contribution in [2.24, 2.45) is 0 Å². The third-order valence-electron chi connectivity index (χ3n) is 3.77. The SMILES string of the molecule is Cc1nc2ccccc2c(C(=O)O)c1Oc1ccc([N+](=O)[O-])cc1C=O. The standard InChI is InChI=1S/C18H12N2O6/c1-10-17(16(18(22)23)13-4-2-3-5-14(13)19-10)26-15-7-6-12(20(24)25)8-11(15)9-21/h2-9H,1H3,(H,22,23).